The normalized spacial score (nSPS) is 4.50. The fraction of sp³-hybridized carbons (Fsp3) is 0.500. The molecule has 0 nitrogen and oxygen atoms in total. The average molecular weight is 87.5 g/mol. The average Bonchev–Trinajstić information content (AvgIpc) is 0.918. The molecule has 2 heteroatoms. The molecule has 0 aromatic rings. The van der Waals surface area contributed by atoms with Crippen molar-refractivity contribution < 1.29 is 0 Å². The molecule has 0 saturated heterocycles. The van der Waals surface area contributed by atoms with Gasteiger partial charge < -0.3 is 0 Å². The summed E-state index contributed by atoms with van der Waals surface area (Å²) in [6.45, 7) is 3.25. The first-order valence-corrected chi connectivity index (χ1v) is 1.30. The molecule has 0 spiro atoms. The van der Waals surface area contributed by atoms with Gasteiger partial charge in [-0.05, 0) is 6.92 Å². The number of hydrogen-bond donors (Lipinski definition) is 0. The van der Waals surface area contributed by atoms with Crippen LogP contribution in [0.15, 0.2) is 0 Å². The van der Waals surface area contributed by atoms with Gasteiger partial charge in [-0.15, -0.1) is 11.6 Å². The van der Waals surface area contributed by atoms with Gasteiger partial charge in [-0.3, -0.25) is 0 Å². The zero-order valence-corrected chi connectivity index (χ0v) is 2.55. The Labute approximate surface area is 53.8 Å². The van der Waals surface area contributed by atoms with E-state index < -0.39 is 0 Å². The summed E-state index contributed by atoms with van der Waals surface area (Å²) >= 11 is 4.89. The van der Waals surface area contributed by atoms with Crippen LogP contribution in [0.3, 0.4) is 0 Å². The molecule has 0 bridgehead atoms. The SMILES string of the molecule is [CH2]CCl.[NaH]. The van der Waals surface area contributed by atoms with E-state index in [0.29, 0.717) is 5.88 Å². The molecule has 0 heterocycles. The molecule has 21 valence electrons. The Morgan fingerprint density at radius 3 is 1.75 bits per heavy atom. The third-order valence-corrected chi connectivity index (χ3v) is 0. The molecule has 0 amide bonds. The zero-order chi connectivity index (χ0) is 2.71. The summed E-state index contributed by atoms with van der Waals surface area (Å²) in [6, 6.07) is 0. The van der Waals surface area contributed by atoms with Gasteiger partial charge in [0.25, 0.3) is 0 Å². The van der Waals surface area contributed by atoms with Crippen LogP contribution >= 0.6 is 11.6 Å². The van der Waals surface area contributed by atoms with Crippen molar-refractivity contribution in [2.24, 2.45) is 0 Å². The van der Waals surface area contributed by atoms with Gasteiger partial charge >= 0.3 is 29.6 Å². The zero-order valence-electron chi connectivity index (χ0n) is 1.79. The maximum absolute atomic E-state index is 4.89. The molecule has 0 aromatic carbocycles. The third kappa shape index (κ3) is 10.4. The van der Waals surface area contributed by atoms with E-state index in [9.17, 15) is 0 Å². The molecular formula is C2H5ClNa. The van der Waals surface area contributed by atoms with Crippen LogP contribution in [0.5, 0.6) is 0 Å². The summed E-state index contributed by atoms with van der Waals surface area (Å²) in [4.78, 5) is 0. The van der Waals surface area contributed by atoms with E-state index in [0.717, 1.165) is 0 Å². The second-order valence-corrected chi connectivity index (χ2v) is 0.567. The van der Waals surface area contributed by atoms with Gasteiger partial charge in [-0.25, -0.2) is 0 Å². The summed E-state index contributed by atoms with van der Waals surface area (Å²) in [6.07, 6.45) is 0. The first-order valence-electron chi connectivity index (χ1n) is 0.767. The van der Waals surface area contributed by atoms with Crippen LogP contribution in [0, 0.1) is 6.92 Å². The van der Waals surface area contributed by atoms with Gasteiger partial charge in [0.15, 0.2) is 0 Å². The molecule has 0 N–H and O–H groups in total. The van der Waals surface area contributed by atoms with E-state index in [1.807, 2.05) is 0 Å². The van der Waals surface area contributed by atoms with Gasteiger partial charge in [-0.1, -0.05) is 0 Å². The summed E-state index contributed by atoms with van der Waals surface area (Å²) < 4.78 is 0. The van der Waals surface area contributed by atoms with E-state index in [-0.39, 0.29) is 29.6 Å². The number of rotatable bonds is 0. The minimum atomic E-state index is 0. The molecule has 0 aromatic heterocycles. The van der Waals surface area contributed by atoms with Crippen LogP contribution in [0.4, 0.5) is 0 Å². The Morgan fingerprint density at radius 1 is 1.75 bits per heavy atom. The monoisotopic (exact) mass is 87.0 g/mol. The summed E-state index contributed by atoms with van der Waals surface area (Å²) in [5.74, 6) is 0.472. The topological polar surface area (TPSA) is 0 Å². The van der Waals surface area contributed by atoms with Crippen molar-refractivity contribution in [1.82, 2.24) is 0 Å². The number of halogens is 1. The Kier molecular flexibility index (Phi) is 19.9. The Bertz CT molecular complexity index is 6.00. The second kappa shape index (κ2) is 8.85. The molecule has 0 atom stereocenters. The third-order valence-electron chi connectivity index (χ3n) is 0. The van der Waals surface area contributed by atoms with Gasteiger partial charge in [-0.2, -0.15) is 0 Å². The van der Waals surface area contributed by atoms with E-state index >= 15 is 0 Å². The van der Waals surface area contributed by atoms with Gasteiger partial charge in [0, 0.05) is 5.88 Å². The molecule has 0 saturated carbocycles. The van der Waals surface area contributed by atoms with Crippen molar-refractivity contribution in [3.05, 3.63) is 6.92 Å². The minimum absolute atomic E-state index is 0. The molecule has 0 aliphatic heterocycles. The van der Waals surface area contributed by atoms with Crippen molar-refractivity contribution >= 4 is 41.2 Å². The van der Waals surface area contributed by atoms with Gasteiger partial charge in [0.1, 0.15) is 0 Å². The van der Waals surface area contributed by atoms with Crippen LogP contribution in [-0.2, 0) is 0 Å². The van der Waals surface area contributed by atoms with E-state index in [1.54, 1.807) is 0 Å². The van der Waals surface area contributed by atoms with E-state index in [1.165, 1.54) is 0 Å². The standard InChI is InChI=1S/C2H4Cl.Na.H/c1-2-3;;/h1-2H2;;. The summed E-state index contributed by atoms with van der Waals surface area (Å²) in [5, 5.41) is 0. The first-order chi connectivity index (χ1) is 1.41. The molecule has 0 aliphatic carbocycles. The summed E-state index contributed by atoms with van der Waals surface area (Å²) in [7, 11) is 0. The predicted molar refractivity (Wildman–Crippen MR) is 23.2 cm³/mol. The number of alkyl halides is 1. The van der Waals surface area contributed by atoms with Crippen LogP contribution in [0.1, 0.15) is 0 Å². The molecule has 0 unspecified atom stereocenters. The quantitative estimate of drug-likeness (QED) is 0.297. The molecule has 0 aliphatic rings. The van der Waals surface area contributed by atoms with E-state index in [2.05, 4.69) is 6.92 Å². The van der Waals surface area contributed by atoms with Gasteiger partial charge in [0.2, 0.25) is 0 Å². The fourth-order valence-electron chi connectivity index (χ4n) is 0. The van der Waals surface area contributed by atoms with Crippen molar-refractivity contribution in [2.75, 3.05) is 5.88 Å². The number of hydrogen-bond acceptors (Lipinski definition) is 0. The van der Waals surface area contributed by atoms with Crippen LogP contribution in [-0.4, -0.2) is 35.4 Å². The van der Waals surface area contributed by atoms with Crippen molar-refractivity contribution in [2.45, 2.75) is 0 Å². The Balaban J connectivity index is 0. The van der Waals surface area contributed by atoms with Crippen LogP contribution in [0.25, 0.3) is 0 Å². The Hall–Kier alpha value is 1.29. The molecule has 0 rings (SSSR count). The Morgan fingerprint density at radius 2 is 1.75 bits per heavy atom. The first kappa shape index (κ1) is 8.99. The van der Waals surface area contributed by atoms with Crippen LogP contribution < -0.4 is 0 Å². The van der Waals surface area contributed by atoms with Crippen LogP contribution in [0.2, 0.25) is 0 Å². The maximum atomic E-state index is 4.89. The molecule has 0 fully saturated rings. The van der Waals surface area contributed by atoms with Crippen molar-refractivity contribution in [3.63, 3.8) is 0 Å². The van der Waals surface area contributed by atoms with Crippen molar-refractivity contribution in [1.29, 1.82) is 0 Å². The second-order valence-electron chi connectivity index (χ2n) is 0.189. The fourth-order valence-corrected chi connectivity index (χ4v) is 0. The van der Waals surface area contributed by atoms with Gasteiger partial charge in [0.05, 0.1) is 0 Å². The van der Waals surface area contributed by atoms with Crippen molar-refractivity contribution in [3.8, 4) is 0 Å². The molecular weight excluding hydrogens is 82.5 g/mol. The summed E-state index contributed by atoms with van der Waals surface area (Å²) in [5.41, 5.74) is 0. The molecule has 1 radical (unpaired) electrons. The predicted octanol–water partition coefficient (Wildman–Crippen LogP) is 0.411. The molecule has 4 heavy (non-hydrogen) atoms. The van der Waals surface area contributed by atoms with E-state index in [4.69, 9.17) is 11.6 Å².